The van der Waals surface area contributed by atoms with Crippen LogP contribution in [0, 0.1) is 5.41 Å². The minimum Gasteiger partial charge on any atom is -0.365 e. The zero-order valence-electron chi connectivity index (χ0n) is 9.18. The first-order valence-corrected chi connectivity index (χ1v) is 4.69. The highest BCUT2D eigenvalue weighted by atomic mass is 15.0. The fourth-order valence-corrected chi connectivity index (χ4v) is 1.16. The second kappa shape index (κ2) is 3.78. The summed E-state index contributed by atoms with van der Waals surface area (Å²) >= 11 is 0. The van der Waals surface area contributed by atoms with Gasteiger partial charge in [-0.15, -0.1) is 0 Å². The van der Waals surface area contributed by atoms with Crippen LogP contribution in [0.2, 0.25) is 0 Å². The summed E-state index contributed by atoms with van der Waals surface area (Å²) in [5.41, 5.74) is 1.37. The molecule has 1 heterocycles. The van der Waals surface area contributed by atoms with Crippen molar-refractivity contribution in [3.8, 4) is 0 Å². The quantitative estimate of drug-likeness (QED) is 0.706. The number of anilines is 1. The highest BCUT2D eigenvalue weighted by Crippen LogP contribution is 2.16. The lowest BCUT2D eigenvalue weighted by Crippen LogP contribution is -2.27. The van der Waals surface area contributed by atoms with E-state index >= 15 is 0 Å². The second-order valence-electron chi connectivity index (χ2n) is 4.40. The van der Waals surface area contributed by atoms with Crippen molar-refractivity contribution in [1.82, 2.24) is 4.98 Å². The van der Waals surface area contributed by atoms with Gasteiger partial charge in [-0.1, -0.05) is 0 Å². The van der Waals surface area contributed by atoms with Crippen LogP contribution in [-0.2, 0) is 0 Å². The van der Waals surface area contributed by atoms with Crippen LogP contribution in [0.15, 0.2) is 18.3 Å². The zero-order valence-corrected chi connectivity index (χ0v) is 9.18. The molecule has 0 aliphatic carbocycles. The van der Waals surface area contributed by atoms with Crippen molar-refractivity contribution in [2.24, 2.45) is 0 Å². The lowest BCUT2D eigenvalue weighted by Gasteiger charge is -2.22. The molecular weight excluding hydrogens is 174 g/mol. The molecule has 0 aliphatic rings. The Morgan fingerprint density at radius 1 is 1.43 bits per heavy atom. The molecule has 0 amide bonds. The van der Waals surface area contributed by atoms with E-state index in [-0.39, 0.29) is 5.54 Å². The average molecular weight is 191 g/mol. The standard InChI is InChI=1S/C11H17N3/c1-8(12)9-6-5-7-13-10(9)14-11(2,3)4/h5-7,12H,1-4H3,(H,13,14). The maximum Gasteiger partial charge on any atom is 0.135 e. The van der Waals surface area contributed by atoms with Crippen LogP contribution in [0.3, 0.4) is 0 Å². The fourth-order valence-electron chi connectivity index (χ4n) is 1.16. The molecule has 0 radical (unpaired) electrons. The Labute approximate surface area is 85.1 Å². The molecule has 3 heteroatoms. The number of pyridine rings is 1. The van der Waals surface area contributed by atoms with Gasteiger partial charge < -0.3 is 10.7 Å². The lowest BCUT2D eigenvalue weighted by atomic mass is 10.1. The van der Waals surface area contributed by atoms with E-state index in [1.54, 1.807) is 13.1 Å². The number of nitrogens with zero attached hydrogens (tertiary/aromatic N) is 1. The number of hydrogen-bond donors (Lipinski definition) is 2. The number of rotatable bonds is 2. The highest BCUT2D eigenvalue weighted by molar-refractivity contribution is 6.00. The molecule has 0 spiro atoms. The van der Waals surface area contributed by atoms with Gasteiger partial charge in [0.2, 0.25) is 0 Å². The molecule has 0 aromatic carbocycles. The minimum atomic E-state index is -0.0292. The van der Waals surface area contributed by atoms with Crippen LogP contribution >= 0.6 is 0 Å². The molecule has 0 saturated heterocycles. The van der Waals surface area contributed by atoms with Gasteiger partial charge in [0, 0.05) is 23.0 Å². The van der Waals surface area contributed by atoms with Crippen molar-refractivity contribution >= 4 is 11.5 Å². The zero-order chi connectivity index (χ0) is 10.8. The van der Waals surface area contributed by atoms with Gasteiger partial charge in [-0.25, -0.2) is 4.98 Å². The van der Waals surface area contributed by atoms with Gasteiger partial charge in [0.05, 0.1) is 0 Å². The van der Waals surface area contributed by atoms with Gasteiger partial charge >= 0.3 is 0 Å². The molecule has 0 bridgehead atoms. The summed E-state index contributed by atoms with van der Waals surface area (Å²) in [5, 5.41) is 10.9. The Hall–Kier alpha value is -1.38. The van der Waals surface area contributed by atoms with E-state index in [0.29, 0.717) is 5.71 Å². The van der Waals surface area contributed by atoms with Crippen LogP contribution in [0.4, 0.5) is 5.82 Å². The van der Waals surface area contributed by atoms with Gasteiger partial charge in [-0.3, -0.25) is 0 Å². The van der Waals surface area contributed by atoms with Gasteiger partial charge in [0.25, 0.3) is 0 Å². The fraction of sp³-hybridized carbons (Fsp3) is 0.455. The van der Waals surface area contributed by atoms with E-state index in [9.17, 15) is 0 Å². The normalized spacial score (nSPS) is 11.1. The van der Waals surface area contributed by atoms with Gasteiger partial charge in [0.1, 0.15) is 5.82 Å². The first-order chi connectivity index (χ1) is 6.40. The Morgan fingerprint density at radius 2 is 2.07 bits per heavy atom. The van der Waals surface area contributed by atoms with E-state index in [1.165, 1.54) is 0 Å². The largest absolute Gasteiger partial charge is 0.365 e. The van der Waals surface area contributed by atoms with Crippen LogP contribution in [-0.4, -0.2) is 16.2 Å². The summed E-state index contributed by atoms with van der Waals surface area (Å²) in [6.45, 7) is 7.99. The van der Waals surface area contributed by atoms with E-state index in [4.69, 9.17) is 5.41 Å². The second-order valence-corrected chi connectivity index (χ2v) is 4.40. The number of aromatic nitrogens is 1. The van der Waals surface area contributed by atoms with Crippen molar-refractivity contribution in [3.05, 3.63) is 23.9 Å². The summed E-state index contributed by atoms with van der Waals surface area (Å²) in [4.78, 5) is 4.23. The lowest BCUT2D eigenvalue weighted by molar-refractivity contribution is 0.630. The van der Waals surface area contributed by atoms with Gasteiger partial charge in [-0.05, 0) is 39.8 Å². The minimum absolute atomic E-state index is 0.0292. The Morgan fingerprint density at radius 3 is 2.57 bits per heavy atom. The highest BCUT2D eigenvalue weighted by Gasteiger charge is 2.13. The molecular formula is C11H17N3. The summed E-state index contributed by atoms with van der Waals surface area (Å²) in [6, 6.07) is 3.75. The molecule has 0 atom stereocenters. The average Bonchev–Trinajstić information content (AvgIpc) is 2.01. The SMILES string of the molecule is CC(=N)c1cccnc1NC(C)(C)C. The molecule has 1 aromatic rings. The molecule has 1 aromatic heterocycles. The molecule has 0 aliphatic heterocycles. The van der Waals surface area contributed by atoms with E-state index < -0.39 is 0 Å². The Kier molecular flexibility index (Phi) is 2.89. The van der Waals surface area contributed by atoms with Gasteiger partial charge in [0.15, 0.2) is 0 Å². The van der Waals surface area contributed by atoms with E-state index in [0.717, 1.165) is 11.4 Å². The van der Waals surface area contributed by atoms with Crippen molar-refractivity contribution in [2.75, 3.05) is 5.32 Å². The molecule has 14 heavy (non-hydrogen) atoms. The predicted molar refractivity (Wildman–Crippen MR) is 60.1 cm³/mol. The van der Waals surface area contributed by atoms with Crippen LogP contribution in [0.5, 0.6) is 0 Å². The maximum atomic E-state index is 7.60. The monoisotopic (exact) mass is 191 g/mol. The van der Waals surface area contributed by atoms with Crippen molar-refractivity contribution in [1.29, 1.82) is 5.41 Å². The predicted octanol–water partition coefficient (Wildman–Crippen LogP) is 2.68. The Bertz CT molecular complexity index is 337. The van der Waals surface area contributed by atoms with Crippen LogP contribution in [0.25, 0.3) is 0 Å². The number of nitrogens with one attached hydrogen (secondary N) is 2. The molecule has 0 fully saturated rings. The van der Waals surface area contributed by atoms with Crippen molar-refractivity contribution in [2.45, 2.75) is 33.2 Å². The van der Waals surface area contributed by atoms with Crippen LogP contribution < -0.4 is 5.32 Å². The summed E-state index contributed by atoms with van der Waals surface area (Å²) in [7, 11) is 0. The van der Waals surface area contributed by atoms with E-state index in [1.807, 2.05) is 12.1 Å². The third kappa shape index (κ3) is 2.83. The molecule has 3 nitrogen and oxygen atoms in total. The topological polar surface area (TPSA) is 48.8 Å². The first kappa shape index (κ1) is 10.7. The third-order valence-electron chi connectivity index (χ3n) is 1.71. The van der Waals surface area contributed by atoms with Crippen molar-refractivity contribution in [3.63, 3.8) is 0 Å². The molecule has 76 valence electrons. The van der Waals surface area contributed by atoms with Crippen LogP contribution in [0.1, 0.15) is 33.3 Å². The molecule has 0 unspecified atom stereocenters. The number of hydrogen-bond acceptors (Lipinski definition) is 3. The molecule has 1 rings (SSSR count). The smallest absolute Gasteiger partial charge is 0.135 e. The summed E-state index contributed by atoms with van der Waals surface area (Å²) < 4.78 is 0. The summed E-state index contributed by atoms with van der Waals surface area (Å²) in [5.74, 6) is 0.785. The molecule has 2 N–H and O–H groups in total. The van der Waals surface area contributed by atoms with E-state index in [2.05, 4.69) is 31.1 Å². The maximum absolute atomic E-state index is 7.60. The first-order valence-electron chi connectivity index (χ1n) is 4.69. The van der Waals surface area contributed by atoms with Crippen molar-refractivity contribution < 1.29 is 0 Å². The Balaban J connectivity index is 3.02. The molecule has 0 saturated carbocycles. The summed E-state index contributed by atoms with van der Waals surface area (Å²) in [6.07, 6.45) is 1.74. The third-order valence-corrected chi connectivity index (χ3v) is 1.71. The van der Waals surface area contributed by atoms with Gasteiger partial charge in [-0.2, -0.15) is 0 Å².